The lowest BCUT2D eigenvalue weighted by molar-refractivity contribution is -0.133. The molecule has 3 rings (SSSR count). The van der Waals surface area contributed by atoms with E-state index in [-0.39, 0.29) is 12.5 Å². The summed E-state index contributed by atoms with van der Waals surface area (Å²) in [5.74, 6) is 0.121. The Morgan fingerprint density at radius 3 is 2.38 bits per heavy atom. The number of piperazine rings is 1. The molecule has 2 aromatic carbocycles. The van der Waals surface area contributed by atoms with Gasteiger partial charge in [-0.3, -0.25) is 9.69 Å². The minimum atomic E-state index is 0.121. The third kappa shape index (κ3) is 6.27. The summed E-state index contributed by atoms with van der Waals surface area (Å²) < 4.78 is 0. The molecule has 29 heavy (non-hydrogen) atoms. The van der Waals surface area contributed by atoms with Crippen molar-refractivity contribution in [3.8, 4) is 0 Å². The summed E-state index contributed by atoms with van der Waals surface area (Å²) in [6.45, 7) is 8.71. The number of hydrogen-bond acceptors (Lipinski definition) is 3. The normalized spacial score (nSPS) is 14.5. The quantitative estimate of drug-likeness (QED) is 0.766. The highest BCUT2D eigenvalue weighted by molar-refractivity contribution is 7.80. The average Bonchev–Trinajstić information content (AvgIpc) is 2.70. The Morgan fingerprint density at radius 2 is 1.72 bits per heavy atom. The fourth-order valence-electron chi connectivity index (χ4n) is 3.45. The SMILES string of the molecule is Cc1ccc(NC(=S)N(C)CC(=O)N2CCN(Cc3cccc(C)c3)CC2)cc1. The van der Waals surface area contributed by atoms with Gasteiger partial charge >= 0.3 is 0 Å². The van der Waals surface area contributed by atoms with Gasteiger partial charge in [0.15, 0.2) is 5.11 Å². The van der Waals surface area contributed by atoms with Gasteiger partial charge in [0.2, 0.25) is 5.91 Å². The smallest absolute Gasteiger partial charge is 0.242 e. The third-order valence-corrected chi connectivity index (χ3v) is 5.65. The van der Waals surface area contributed by atoms with E-state index in [2.05, 4.69) is 41.4 Å². The minimum absolute atomic E-state index is 0.121. The largest absolute Gasteiger partial charge is 0.343 e. The Kier molecular flexibility index (Phi) is 7.23. The first-order valence-corrected chi connectivity index (χ1v) is 10.5. The van der Waals surface area contributed by atoms with E-state index < -0.39 is 0 Å². The molecule has 1 amide bonds. The molecule has 0 aliphatic carbocycles. The third-order valence-electron chi connectivity index (χ3n) is 5.24. The number of benzene rings is 2. The highest BCUT2D eigenvalue weighted by Gasteiger charge is 2.22. The molecule has 6 heteroatoms. The van der Waals surface area contributed by atoms with E-state index in [1.54, 1.807) is 4.90 Å². The van der Waals surface area contributed by atoms with Crippen molar-refractivity contribution in [1.82, 2.24) is 14.7 Å². The first-order chi connectivity index (χ1) is 13.9. The van der Waals surface area contributed by atoms with E-state index in [1.165, 1.54) is 16.7 Å². The van der Waals surface area contributed by atoms with Crippen molar-refractivity contribution in [2.24, 2.45) is 0 Å². The van der Waals surface area contributed by atoms with Crippen molar-refractivity contribution in [1.29, 1.82) is 0 Å². The van der Waals surface area contributed by atoms with Crippen molar-refractivity contribution in [2.75, 3.05) is 45.1 Å². The van der Waals surface area contributed by atoms with Crippen LogP contribution in [0.5, 0.6) is 0 Å². The van der Waals surface area contributed by atoms with Crippen LogP contribution in [-0.2, 0) is 11.3 Å². The van der Waals surface area contributed by atoms with Gasteiger partial charge in [-0.05, 0) is 43.8 Å². The molecule has 1 aliphatic rings. The Balaban J connectivity index is 1.44. The van der Waals surface area contributed by atoms with Crippen LogP contribution in [0, 0.1) is 13.8 Å². The molecular weight excluding hydrogens is 380 g/mol. The van der Waals surface area contributed by atoms with Gasteiger partial charge in [0, 0.05) is 45.5 Å². The first-order valence-electron chi connectivity index (χ1n) is 10.0. The number of likely N-dealkylation sites (N-methyl/N-ethyl adjacent to an activating group) is 1. The molecule has 0 saturated carbocycles. The second-order valence-corrected chi connectivity index (χ2v) is 8.18. The number of anilines is 1. The molecule has 5 nitrogen and oxygen atoms in total. The summed E-state index contributed by atoms with van der Waals surface area (Å²) in [4.78, 5) is 18.9. The van der Waals surface area contributed by atoms with Gasteiger partial charge in [-0.25, -0.2) is 0 Å². The molecule has 1 fully saturated rings. The topological polar surface area (TPSA) is 38.8 Å². The molecule has 154 valence electrons. The van der Waals surface area contributed by atoms with Crippen LogP contribution in [0.4, 0.5) is 5.69 Å². The van der Waals surface area contributed by atoms with Crippen LogP contribution < -0.4 is 5.32 Å². The molecule has 2 aromatic rings. The lowest BCUT2D eigenvalue weighted by atomic mass is 10.1. The van der Waals surface area contributed by atoms with Crippen LogP contribution in [0.3, 0.4) is 0 Å². The van der Waals surface area contributed by atoms with Crippen molar-refractivity contribution >= 4 is 28.9 Å². The predicted molar refractivity (Wildman–Crippen MR) is 123 cm³/mol. The van der Waals surface area contributed by atoms with Crippen molar-refractivity contribution < 1.29 is 4.79 Å². The molecule has 1 heterocycles. The summed E-state index contributed by atoms with van der Waals surface area (Å²) in [5, 5.41) is 3.75. The molecule has 0 spiro atoms. The number of amides is 1. The summed E-state index contributed by atoms with van der Waals surface area (Å²) >= 11 is 5.45. The summed E-state index contributed by atoms with van der Waals surface area (Å²) in [6, 6.07) is 16.7. The number of hydrogen-bond donors (Lipinski definition) is 1. The maximum absolute atomic E-state index is 12.7. The second kappa shape index (κ2) is 9.85. The Morgan fingerprint density at radius 1 is 1.03 bits per heavy atom. The number of thiocarbonyl (C=S) groups is 1. The van der Waals surface area contributed by atoms with Crippen molar-refractivity contribution in [2.45, 2.75) is 20.4 Å². The molecule has 0 bridgehead atoms. The zero-order valence-corrected chi connectivity index (χ0v) is 18.3. The molecule has 0 aromatic heterocycles. The van der Waals surface area contributed by atoms with Crippen LogP contribution in [0.2, 0.25) is 0 Å². The van der Waals surface area contributed by atoms with Crippen LogP contribution in [-0.4, -0.2) is 65.5 Å². The Hall–Kier alpha value is -2.44. The van der Waals surface area contributed by atoms with E-state index in [1.807, 2.05) is 43.1 Å². The van der Waals surface area contributed by atoms with E-state index in [0.717, 1.165) is 38.4 Å². The molecule has 0 unspecified atom stereocenters. The van der Waals surface area contributed by atoms with Crippen LogP contribution >= 0.6 is 12.2 Å². The van der Waals surface area contributed by atoms with E-state index >= 15 is 0 Å². The van der Waals surface area contributed by atoms with Crippen molar-refractivity contribution in [3.05, 3.63) is 65.2 Å². The fraction of sp³-hybridized carbons (Fsp3) is 0.391. The predicted octanol–water partition coefficient (Wildman–Crippen LogP) is 3.28. The lowest BCUT2D eigenvalue weighted by Crippen LogP contribution is -2.51. The molecule has 1 N–H and O–H groups in total. The number of carbonyl (C=O) groups is 1. The van der Waals surface area contributed by atoms with Gasteiger partial charge in [0.25, 0.3) is 0 Å². The Bertz CT molecular complexity index is 844. The number of rotatable bonds is 5. The average molecular weight is 411 g/mol. The summed E-state index contributed by atoms with van der Waals surface area (Å²) in [7, 11) is 1.86. The van der Waals surface area contributed by atoms with Crippen LogP contribution in [0.1, 0.15) is 16.7 Å². The summed E-state index contributed by atoms with van der Waals surface area (Å²) in [6.07, 6.45) is 0. The number of carbonyl (C=O) groups excluding carboxylic acids is 1. The maximum Gasteiger partial charge on any atom is 0.242 e. The van der Waals surface area contributed by atoms with E-state index in [0.29, 0.717) is 5.11 Å². The van der Waals surface area contributed by atoms with Crippen LogP contribution in [0.25, 0.3) is 0 Å². The molecular formula is C23H30N4OS. The number of nitrogens with one attached hydrogen (secondary N) is 1. The fourth-order valence-corrected chi connectivity index (χ4v) is 3.64. The molecule has 0 atom stereocenters. The van der Waals surface area contributed by atoms with Crippen molar-refractivity contribution in [3.63, 3.8) is 0 Å². The van der Waals surface area contributed by atoms with Gasteiger partial charge in [-0.1, -0.05) is 47.5 Å². The molecule has 0 radical (unpaired) electrons. The first kappa shape index (κ1) is 21.3. The highest BCUT2D eigenvalue weighted by atomic mass is 32.1. The van der Waals surface area contributed by atoms with Gasteiger partial charge < -0.3 is 15.1 Å². The summed E-state index contributed by atoms with van der Waals surface area (Å²) in [5.41, 5.74) is 4.75. The van der Waals surface area contributed by atoms with E-state index in [4.69, 9.17) is 12.2 Å². The molecule has 1 aliphatic heterocycles. The Labute approximate surface area is 179 Å². The number of aryl methyl sites for hydroxylation is 2. The van der Waals surface area contributed by atoms with Crippen LogP contribution in [0.15, 0.2) is 48.5 Å². The zero-order chi connectivity index (χ0) is 20.8. The number of nitrogens with zero attached hydrogens (tertiary/aromatic N) is 3. The zero-order valence-electron chi connectivity index (χ0n) is 17.5. The van der Waals surface area contributed by atoms with Gasteiger partial charge in [0.05, 0.1) is 6.54 Å². The van der Waals surface area contributed by atoms with Gasteiger partial charge in [-0.2, -0.15) is 0 Å². The molecule has 1 saturated heterocycles. The lowest BCUT2D eigenvalue weighted by Gasteiger charge is -2.35. The highest BCUT2D eigenvalue weighted by Crippen LogP contribution is 2.12. The maximum atomic E-state index is 12.7. The van der Waals surface area contributed by atoms with Gasteiger partial charge in [-0.15, -0.1) is 0 Å². The second-order valence-electron chi connectivity index (χ2n) is 7.80. The van der Waals surface area contributed by atoms with Gasteiger partial charge in [0.1, 0.15) is 0 Å². The monoisotopic (exact) mass is 410 g/mol. The minimum Gasteiger partial charge on any atom is -0.343 e. The standard InChI is InChI=1S/C23H30N4OS/c1-18-7-9-21(10-8-18)24-23(29)25(3)17-22(28)27-13-11-26(12-14-27)16-20-6-4-5-19(2)15-20/h4-10,15H,11-14,16-17H2,1-3H3,(H,24,29). The van der Waals surface area contributed by atoms with E-state index in [9.17, 15) is 4.79 Å².